The van der Waals surface area contributed by atoms with Gasteiger partial charge in [0.15, 0.2) is 0 Å². The molecule has 4 nitrogen and oxygen atoms in total. The topological polar surface area (TPSA) is 64.3 Å². The van der Waals surface area contributed by atoms with Gasteiger partial charge in [-0.1, -0.05) is 6.92 Å². The molecule has 0 aromatic heterocycles. The van der Waals surface area contributed by atoms with Gasteiger partial charge in [-0.25, -0.2) is 9.18 Å². The van der Waals surface area contributed by atoms with Gasteiger partial charge in [0.05, 0.1) is 11.3 Å². The Labute approximate surface area is 98.9 Å². The zero-order valence-corrected chi connectivity index (χ0v) is 9.64. The van der Waals surface area contributed by atoms with Crippen molar-refractivity contribution < 1.29 is 14.3 Å². The first-order valence-electron chi connectivity index (χ1n) is 5.16. The molecule has 1 atom stereocenters. The molecule has 5 heteroatoms. The fourth-order valence-electron chi connectivity index (χ4n) is 1.69. The standard InChI is InChI=1S/C12H13FN2O2/c1-3-10(12(16)17)15(2)11-5-4-9(13)6-8(11)7-14/h4-6,10H,3H2,1-2H3,(H,16,17). The molecule has 1 rings (SSSR count). The summed E-state index contributed by atoms with van der Waals surface area (Å²) < 4.78 is 13.0. The van der Waals surface area contributed by atoms with Crippen molar-refractivity contribution in [2.45, 2.75) is 19.4 Å². The van der Waals surface area contributed by atoms with Crippen LogP contribution in [0.3, 0.4) is 0 Å². The van der Waals surface area contributed by atoms with Gasteiger partial charge < -0.3 is 10.0 Å². The lowest BCUT2D eigenvalue weighted by atomic mass is 10.1. The first-order valence-corrected chi connectivity index (χ1v) is 5.16. The van der Waals surface area contributed by atoms with E-state index < -0.39 is 17.8 Å². The summed E-state index contributed by atoms with van der Waals surface area (Å²) in [6, 6.07) is 4.85. The van der Waals surface area contributed by atoms with Crippen molar-refractivity contribution in [2.24, 2.45) is 0 Å². The van der Waals surface area contributed by atoms with E-state index in [0.29, 0.717) is 12.1 Å². The second kappa shape index (κ2) is 5.30. The number of benzene rings is 1. The van der Waals surface area contributed by atoms with Gasteiger partial charge >= 0.3 is 5.97 Å². The fourth-order valence-corrected chi connectivity index (χ4v) is 1.69. The Kier molecular flexibility index (Phi) is 4.05. The highest BCUT2D eigenvalue weighted by Gasteiger charge is 2.22. The van der Waals surface area contributed by atoms with E-state index in [1.807, 2.05) is 6.07 Å². The maximum Gasteiger partial charge on any atom is 0.326 e. The zero-order chi connectivity index (χ0) is 13.0. The van der Waals surface area contributed by atoms with Gasteiger partial charge in [-0.15, -0.1) is 0 Å². The third-order valence-corrected chi connectivity index (χ3v) is 2.60. The number of rotatable bonds is 4. The molecular formula is C12H13FN2O2. The van der Waals surface area contributed by atoms with Gasteiger partial charge in [0.25, 0.3) is 0 Å². The maximum atomic E-state index is 13.0. The van der Waals surface area contributed by atoms with E-state index >= 15 is 0 Å². The van der Waals surface area contributed by atoms with Crippen molar-refractivity contribution in [1.29, 1.82) is 5.26 Å². The molecule has 0 fully saturated rings. The van der Waals surface area contributed by atoms with Gasteiger partial charge in [-0.2, -0.15) is 5.26 Å². The zero-order valence-electron chi connectivity index (χ0n) is 9.64. The number of anilines is 1. The molecule has 0 saturated carbocycles. The molecule has 0 radical (unpaired) electrons. The van der Waals surface area contributed by atoms with Crippen molar-refractivity contribution in [2.75, 3.05) is 11.9 Å². The van der Waals surface area contributed by atoms with Crippen LogP contribution in [0.1, 0.15) is 18.9 Å². The minimum Gasteiger partial charge on any atom is -0.480 e. The van der Waals surface area contributed by atoms with Crippen LogP contribution in [0.4, 0.5) is 10.1 Å². The number of aliphatic carboxylic acids is 1. The molecular weight excluding hydrogens is 223 g/mol. The average molecular weight is 236 g/mol. The number of carboxylic acid groups (broad SMARTS) is 1. The maximum absolute atomic E-state index is 13.0. The normalized spacial score (nSPS) is 11.6. The first-order chi connectivity index (χ1) is 8.01. The molecule has 1 aromatic carbocycles. The van der Waals surface area contributed by atoms with Crippen molar-refractivity contribution >= 4 is 11.7 Å². The van der Waals surface area contributed by atoms with Gasteiger partial charge in [0.1, 0.15) is 17.9 Å². The van der Waals surface area contributed by atoms with Crippen LogP contribution in [0.25, 0.3) is 0 Å². The van der Waals surface area contributed by atoms with E-state index in [0.717, 1.165) is 6.07 Å². The first kappa shape index (κ1) is 13.0. The summed E-state index contributed by atoms with van der Waals surface area (Å²) in [5, 5.41) is 17.9. The highest BCUT2D eigenvalue weighted by atomic mass is 19.1. The van der Waals surface area contributed by atoms with Gasteiger partial charge in [-0.05, 0) is 24.6 Å². The Morgan fingerprint density at radius 1 is 1.65 bits per heavy atom. The number of nitrogens with zero attached hydrogens (tertiary/aromatic N) is 2. The molecule has 90 valence electrons. The van der Waals surface area contributed by atoms with E-state index in [4.69, 9.17) is 10.4 Å². The third kappa shape index (κ3) is 2.72. The predicted octanol–water partition coefficient (Wildman–Crippen LogP) is 2.00. The molecule has 1 unspecified atom stereocenters. The van der Waals surface area contributed by atoms with E-state index in [1.165, 1.54) is 17.0 Å². The largest absolute Gasteiger partial charge is 0.480 e. The summed E-state index contributed by atoms with van der Waals surface area (Å²) in [6.45, 7) is 1.74. The second-order valence-electron chi connectivity index (χ2n) is 3.65. The second-order valence-corrected chi connectivity index (χ2v) is 3.65. The quantitative estimate of drug-likeness (QED) is 0.868. The molecule has 0 heterocycles. The van der Waals surface area contributed by atoms with E-state index in [-0.39, 0.29) is 5.56 Å². The number of likely N-dealkylation sites (N-methyl/N-ethyl adjacent to an activating group) is 1. The van der Waals surface area contributed by atoms with Gasteiger partial charge in [0, 0.05) is 7.05 Å². The number of hydrogen-bond acceptors (Lipinski definition) is 3. The number of halogens is 1. The Morgan fingerprint density at radius 3 is 2.76 bits per heavy atom. The summed E-state index contributed by atoms with van der Waals surface area (Å²) in [6.07, 6.45) is 0.397. The summed E-state index contributed by atoms with van der Waals surface area (Å²) >= 11 is 0. The lowest BCUT2D eigenvalue weighted by Crippen LogP contribution is -2.38. The highest BCUT2D eigenvalue weighted by molar-refractivity contribution is 5.79. The molecule has 0 aliphatic heterocycles. The van der Waals surface area contributed by atoms with Crippen LogP contribution in [0.2, 0.25) is 0 Å². The summed E-state index contributed by atoms with van der Waals surface area (Å²) in [5.41, 5.74) is 0.551. The molecule has 0 spiro atoms. The van der Waals surface area contributed by atoms with E-state index in [2.05, 4.69) is 0 Å². The fraction of sp³-hybridized carbons (Fsp3) is 0.333. The molecule has 1 aromatic rings. The van der Waals surface area contributed by atoms with Crippen molar-refractivity contribution in [1.82, 2.24) is 0 Å². The van der Waals surface area contributed by atoms with E-state index in [1.54, 1.807) is 14.0 Å². The number of carboxylic acids is 1. The SMILES string of the molecule is CCC(C(=O)O)N(C)c1ccc(F)cc1C#N. The van der Waals surface area contributed by atoms with Crippen LogP contribution < -0.4 is 4.90 Å². The highest BCUT2D eigenvalue weighted by Crippen LogP contribution is 2.22. The predicted molar refractivity (Wildman–Crippen MR) is 61.2 cm³/mol. The molecule has 17 heavy (non-hydrogen) atoms. The molecule has 0 aliphatic rings. The Bertz CT molecular complexity index is 468. The van der Waals surface area contributed by atoms with Crippen molar-refractivity contribution in [3.63, 3.8) is 0 Å². The Hall–Kier alpha value is -2.09. The summed E-state index contributed by atoms with van der Waals surface area (Å²) in [4.78, 5) is 12.5. The smallest absolute Gasteiger partial charge is 0.326 e. The number of hydrogen-bond donors (Lipinski definition) is 1. The van der Waals surface area contributed by atoms with Crippen LogP contribution in [-0.2, 0) is 4.79 Å². The molecule has 0 amide bonds. The molecule has 1 N–H and O–H groups in total. The average Bonchev–Trinajstić information content (AvgIpc) is 2.28. The number of carbonyl (C=O) groups is 1. The van der Waals surface area contributed by atoms with Crippen LogP contribution in [-0.4, -0.2) is 24.2 Å². The lowest BCUT2D eigenvalue weighted by molar-refractivity contribution is -0.138. The minimum atomic E-state index is -0.969. The van der Waals surface area contributed by atoms with Crippen molar-refractivity contribution in [3.05, 3.63) is 29.6 Å². The third-order valence-electron chi connectivity index (χ3n) is 2.60. The van der Waals surface area contributed by atoms with Crippen LogP contribution >= 0.6 is 0 Å². The minimum absolute atomic E-state index is 0.132. The molecule has 0 saturated heterocycles. The number of nitriles is 1. The van der Waals surface area contributed by atoms with Crippen LogP contribution in [0, 0.1) is 17.1 Å². The van der Waals surface area contributed by atoms with Gasteiger partial charge in [0.2, 0.25) is 0 Å². The Balaban J connectivity index is 3.16. The van der Waals surface area contributed by atoms with E-state index in [9.17, 15) is 9.18 Å². The molecule has 0 bridgehead atoms. The van der Waals surface area contributed by atoms with Crippen molar-refractivity contribution in [3.8, 4) is 6.07 Å². The van der Waals surface area contributed by atoms with Gasteiger partial charge in [-0.3, -0.25) is 0 Å². The summed E-state index contributed by atoms with van der Waals surface area (Å²) in [7, 11) is 1.58. The van der Waals surface area contributed by atoms with Crippen LogP contribution in [0.15, 0.2) is 18.2 Å². The Morgan fingerprint density at radius 2 is 2.29 bits per heavy atom. The van der Waals surface area contributed by atoms with Crippen LogP contribution in [0.5, 0.6) is 0 Å². The lowest BCUT2D eigenvalue weighted by Gasteiger charge is -2.26. The monoisotopic (exact) mass is 236 g/mol. The summed E-state index contributed by atoms with van der Waals surface area (Å²) in [5.74, 6) is -1.48. The molecule has 0 aliphatic carbocycles.